The number of nitrogens with one attached hydrogen (secondary N) is 1. The van der Waals surface area contributed by atoms with Gasteiger partial charge in [0.2, 0.25) is 5.91 Å². The average Bonchev–Trinajstić information content (AvgIpc) is 2.86. The molecule has 0 aliphatic carbocycles. The first-order valence-corrected chi connectivity index (χ1v) is 7.05. The number of aryl methyl sites for hydroxylation is 2. The minimum Gasteiger partial charge on any atom is -0.356 e. The van der Waals surface area contributed by atoms with Crippen LogP contribution in [-0.2, 0) is 11.2 Å². The third-order valence-electron chi connectivity index (χ3n) is 3.72. The number of nitrogens with zero attached hydrogens (tertiary/aromatic N) is 1. The molecule has 3 rings (SSSR count). The molecular formula is C17H14F2N2O2. The van der Waals surface area contributed by atoms with Crippen molar-refractivity contribution >= 4 is 22.6 Å². The van der Waals surface area contributed by atoms with E-state index in [0.29, 0.717) is 11.3 Å². The van der Waals surface area contributed by atoms with E-state index in [9.17, 15) is 13.6 Å². The van der Waals surface area contributed by atoms with Crippen LogP contribution in [0.4, 0.5) is 14.5 Å². The summed E-state index contributed by atoms with van der Waals surface area (Å²) >= 11 is 0. The van der Waals surface area contributed by atoms with Crippen LogP contribution in [0.3, 0.4) is 0 Å². The van der Waals surface area contributed by atoms with Crippen LogP contribution in [0.1, 0.15) is 16.8 Å². The van der Waals surface area contributed by atoms with Crippen molar-refractivity contribution < 1.29 is 18.1 Å². The number of halogens is 2. The smallest absolute Gasteiger partial charge is 0.230 e. The Morgan fingerprint density at radius 2 is 1.83 bits per heavy atom. The van der Waals surface area contributed by atoms with Crippen molar-refractivity contribution in [3.05, 3.63) is 58.8 Å². The fourth-order valence-electron chi connectivity index (χ4n) is 2.32. The lowest BCUT2D eigenvalue weighted by atomic mass is 10.1. The van der Waals surface area contributed by atoms with E-state index in [0.717, 1.165) is 28.6 Å². The summed E-state index contributed by atoms with van der Waals surface area (Å²) in [6.07, 6.45) is -0.136. The quantitative estimate of drug-likeness (QED) is 0.797. The molecule has 1 aromatic heterocycles. The Bertz CT molecular complexity index is 883. The van der Waals surface area contributed by atoms with Gasteiger partial charge in [-0.15, -0.1) is 0 Å². The molecule has 0 fully saturated rings. The molecule has 0 aliphatic rings. The highest BCUT2D eigenvalue weighted by Gasteiger charge is 2.16. The molecule has 3 aromatic rings. The monoisotopic (exact) mass is 316 g/mol. The molecule has 0 bridgehead atoms. The maximum Gasteiger partial charge on any atom is 0.230 e. The average molecular weight is 316 g/mol. The summed E-state index contributed by atoms with van der Waals surface area (Å²) in [5.74, 6) is -2.22. The molecule has 118 valence electrons. The van der Waals surface area contributed by atoms with Crippen LogP contribution in [0.5, 0.6) is 0 Å². The SMILES string of the molecule is Cc1cc2onc(CC(=O)Nc3c(F)cccc3F)c2cc1C. The molecule has 4 nitrogen and oxygen atoms in total. The van der Waals surface area contributed by atoms with Gasteiger partial charge in [0, 0.05) is 5.39 Å². The number of benzene rings is 2. The highest BCUT2D eigenvalue weighted by Crippen LogP contribution is 2.24. The van der Waals surface area contributed by atoms with Crippen molar-refractivity contribution in [2.45, 2.75) is 20.3 Å². The number of carbonyl (C=O) groups excluding carboxylic acids is 1. The molecule has 0 radical (unpaired) electrons. The number of para-hydroxylation sites is 1. The largest absolute Gasteiger partial charge is 0.356 e. The van der Waals surface area contributed by atoms with Gasteiger partial charge >= 0.3 is 0 Å². The fourth-order valence-corrected chi connectivity index (χ4v) is 2.32. The Kier molecular flexibility index (Phi) is 3.82. The van der Waals surface area contributed by atoms with Crippen LogP contribution in [0, 0.1) is 25.5 Å². The van der Waals surface area contributed by atoms with Crippen LogP contribution in [-0.4, -0.2) is 11.1 Å². The third kappa shape index (κ3) is 2.92. The van der Waals surface area contributed by atoms with E-state index < -0.39 is 23.2 Å². The molecule has 23 heavy (non-hydrogen) atoms. The van der Waals surface area contributed by atoms with E-state index in [-0.39, 0.29) is 6.42 Å². The Morgan fingerprint density at radius 1 is 1.17 bits per heavy atom. The second kappa shape index (κ2) is 5.79. The van der Waals surface area contributed by atoms with Crippen LogP contribution in [0.15, 0.2) is 34.9 Å². The molecular weight excluding hydrogens is 302 g/mol. The number of aromatic nitrogens is 1. The first-order valence-electron chi connectivity index (χ1n) is 7.05. The molecule has 0 saturated heterocycles. The van der Waals surface area contributed by atoms with Crippen LogP contribution in [0.2, 0.25) is 0 Å². The summed E-state index contributed by atoms with van der Waals surface area (Å²) in [6, 6.07) is 7.12. The molecule has 1 amide bonds. The molecule has 2 aromatic carbocycles. The first-order chi connectivity index (χ1) is 11.0. The van der Waals surface area contributed by atoms with Crippen LogP contribution in [0.25, 0.3) is 11.0 Å². The number of rotatable bonds is 3. The Hall–Kier alpha value is -2.76. The molecule has 0 atom stereocenters. The van der Waals surface area contributed by atoms with Gasteiger partial charge in [0.05, 0.1) is 6.42 Å². The van der Waals surface area contributed by atoms with Crippen LogP contribution < -0.4 is 5.32 Å². The van der Waals surface area contributed by atoms with Gasteiger partial charge < -0.3 is 9.84 Å². The number of amides is 1. The fraction of sp³-hybridized carbons (Fsp3) is 0.176. The first kappa shape index (κ1) is 15.1. The van der Waals surface area contributed by atoms with Gasteiger partial charge in [-0.05, 0) is 49.2 Å². The summed E-state index contributed by atoms with van der Waals surface area (Å²) in [6.45, 7) is 3.89. The number of carbonyl (C=O) groups is 1. The van der Waals surface area contributed by atoms with Gasteiger partial charge in [-0.2, -0.15) is 0 Å². The maximum absolute atomic E-state index is 13.6. The number of anilines is 1. The topological polar surface area (TPSA) is 55.1 Å². The second-order valence-electron chi connectivity index (χ2n) is 5.38. The van der Waals surface area contributed by atoms with Gasteiger partial charge in [-0.25, -0.2) is 8.78 Å². The summed E-state index contributed by atoms with van der Waals surface area (Å²) in [7, 11) is 0. The number of hydrogen-bond donors (Lipinski definition) is 1. The molecule has 6 heteroatoms. The highest BCUT2D eigenvalue weighted by atomic mass is 19.1. The summed E-state index contributed by atoms with van der Waals surface area (Å²) in [5, 5.41) is 6.84. The van der Waals surface area contributed by atoms with Gasteiger partial charge in [-0.1, -0.05) is 11.2 Å². The number of fused-ring (bicyclic) bond motifs is 1. The van der Waals surface area contributed by atoms with Crippen molar-refractivity contribution in [1.82, 2.24) is 5.16 Å². The molecule has 0 unspecified atom stereocenters. The lowest BCUT2D eigenvalue weighted by molar-refractivity contribution is -0.115. The molecule has 1 heterocycles. The third-order valence-corrected chi connectivity index (χ3v) is 3.72. The minimum absolute atomic E-state index is 0.136. The zero-order valence-electron chi connectivity index (χ0n) is 12.6. The standard InChI is InChI=1S/C17H14F2N2O2/c1-9-6-11-14(21-23-15(11)7-10(9)2)8-16(22)20-17-12(18)4-3-5-13(17)19/h3-7H,8H2,1-2H3,(H,20,22). The molecule has 0 spiro atoms. The van der Waals surface area contributed by atoms with Crippen molar-refractivity contribution in [3.63, 3.8) is 0 Å². The lowest BCUT2D eigenvalue weighted by Crippen LogP contribution is -2.16. The molecule has 0 aliphatic heterocycles. The summed E-state index contributed by atoms with van der Waals surface area (Å²) < 4.78 is 32.3. The predicted molar refractivity (Wildman–Crippen MR) is 82.2 cm³/mol. The minimum atomic E-state index is -0.824. The van der Waals surface area contributed by atoms with Gasteiger partial charge in [-0.3, -0.25) is 4.79 Å². The van der Waals surface area contributed by atoms with E-state index in [4.69, 9.17) is 4.52 Å². The Balaban J connectivity index is 1.85. The lowest BCUT2D eigenvalue weighted by Gasteiger charge is -2.06. The Labute approximate surface area is 131 Å². The van der Waals surface area contributed by atoms with Gasteiger partial charge in [0.15, 0.2) is 5.58 Å². The molecule has 1 N–H and O–H groups in total. The van der Waals surface area contributed by atoms with Crippen molar-refractivity contribution in [1.29, 1.82) is 0 Å². The van der Waals surface area contributed by atoms with Crippen molar-refractivity contribution in [3.8, 4) is 0 Å². The molecule has 0 saturated carbocycles. The van der Waals surface area contributed by atoms with Gasteiger partial charge in [0.25, 0.3) is 0 Å². The highest BCUT2D eigenvalue weighted by molar-refractivity contribution is 5.95. The second-order valence-corrected chi connectivity index (χ2v) is 5.38. The summed E-state index contributed by atoms with van der Waals surface area (Å²) in [5.41, 5.74) is 2.64. The zero-order valence-corrected chi connectivity index (χ0v) is 12.6. The zero-order chi connectivity index (χ0) is 16.6. The number of hydrogen-bond acceptors (Lipinski definition) is 3. The van der Waals surface area contributed by atoms with E-state index in [1.165, 1.54) is 6.07 Å². The normalized spacial score (nSPS) is 11.0. The van der Waals surface area contributed by atoms with E-state index in [2.05, 4.69) is 10.5 Å². The van der Waals surface area contributed by atoms with Gasteiger partial charge in [0.1, 0.15) is 23.0 Å². The van der Waals surface area contributed by atoms with Crippen molar-refractivity contribution in [2.24, 2.45) is 0 Å². The maximum atomic E-state index is 13.6. The van der Waals surface area contributed by atoms with E-state index >= 15 is 0 Å². The van der Waals surface area contributed by atoms with Crippen molar-refractivity contribution in [2.75, 3.05) is 5.32 Å². The predicted octanol–water partition coefficient (Wildman–Crippen LogP) is 3.90. The van der Waals surface area contributed by atoms with E-state index in [1.807, 2.05) is 26.0 Å². The Morgan fingerprint density at radius 3 is 2.52 bits per heavy atom. The summed E-state index contributed by atoms with van der Waals surface area (Å²) in [4.78, 5) is 12.1. The van der Waals surface area contributed by atoms with Crippen LogP contribution >= 0.6 is 0 Å². The van der Waals surface area contributed by atoms with E-state index in [1.54, 1.807) is 0 Å².